The molecule has 0 aliphatic rings. The van der Waals surface area contributed by atoms with Crippen molar-refractivity contribution < 1.29 is 0 Å². The van der Waals surface area contributed by atoms with Gasteiger partial charge in [-0.25, -0.2) is 4.98 Å². The van der Waals surface area contributed by atoms with Gasteiger partial charge in [-0.2, -0.15) is 0 Å². The van der Waals surface area contributed by atoms with Gasteiger partial charge in [0.25, 0.3) is 0 Å². The van der Waals surface area contributed by atoms with Crippen LogP contribution in [-0.2, 0) is 6.54 Å². The molecule has 2 heterocycles. The molecule has 2 N–H and O–H groups in total. The van der Waals surface area contributed by atoms with Crippen LogP contribution in [0.1, 0.15) is 11.1 Å². The van der Waals surface area contributed by atoms with Gasteiger partial charge in [-0.15, -0.1) is 0 Å². The van der Waals surface area contributed by atoms with Crippen molar-refractivity contribution in [3.8, 4) is 0 Å². The molecule has 5 heteroatoms. The molecular weight excluding hydrogens is 304 g/mol. The fraction of sp³-hybridized carbons (Fsp3) is 0.143. The van der Waals surface area contributed by atoms with Gasteiger partial charge in [0.2, 0.25) is 5.95 Å². The third kappa shape index (κ3) is 2.21. The number of nitrogens with zero attached hydrogens (tertiary/aromatic N) is 3. The summed E-state index contributed by atoms with van der Waals surface area (Å²) >= 11 is 3.44. The largest absolute Gasteiger partial charge is 0.369 e. The Bertz CT molecular complexity index is 748. The number of fused-ring (bicyclic) bond motifs is 1. The summed E-state index contributed by atoms with van der Waals surface area (Å²) in [6.45, 7) is 2.76. The number of nitrogen functional groups attached to an aromatic ring is 1. The van der Waals surface area contributed by atoms with E-state index in [2.05, 4.69) is 32.8 Å². The smallest absolute Gasteiger partial charge is 0.201 e. The van der Waals surface area contributed by atoms with E-state index in [1.165, 1.54) is 5.56 Å². The van der Waals surface area contributed by atoms with Crippen molar-refractivity contribution in [2.45, 2.75) is 13.5 Å². The molecule has 0 radical (unpaired) electrons. The zero-order chi connectivity index (χ0) is 13.4. The third-order valence-corrected chi connectivity index (χ3v) is 3.71. The normalized spacial score (nSPS) is 11.1. The predicted octanol–water partition coefficient (Wildman–Crippen LogP) is 3.13. The number of benzene rings is 1. The minimum atomic E-state index is 0.524. The summed E-state index contributed by atoms with van der Waals surface area (Å²) in [4.78, 5) is 8.56. The van der Waals surface area contributed by atoms with Crippen molar-refractivity contribution in [2.75, 3.05) is 5.73 Å². The van der Waals surface area contributed by atoms with E-state index in [9.17, 15) is 0 Å². The molecule has 3 rings (SSSR count). The molecule has 0 bridgehead atoms. The van der Waals surface area contributed by atoms with Crippen LogP contribution in [0.3, 0.4) is 0 Å². The number of aromatic nitrogens is 3. The van der Waals surface area contributed by atoms with Crippen LogP contribution < -0.4 is 5.73 Å². The summed E-state index contributed by atoms with van der Waals surface area (Å²) in [6.07, 6.45) is 3.67. The Morgan fingerprint density at radius 1 is 1.32 bits per heavy atom. The number of halogens is 1. The molecule has 19 heavy (non-hydrogen) atoms. The van der Waals surface area contributed by atoms with Gasteiger partial charge in [0.05, 0.1) is 17.6 Å². The highest BCUT2D eigenvalue weighted by Gasteiger charge is 2.09. The summed E-state index contributed by atoms with van der Waals surface area (Å²) < 4.78 is 3.01. The van der Waals surface area contributed by atoms with E-state index in [-0.39, 0.29) is 0 Å². The summed E-state index contributed by atoms with van der Waals surface area (Å²) in [5, 5.41) is 0. The monoisotopic (exact) mass is 316 g/mol. The van der Waals surface area contributed by atoms with E-state index >= 15 is 0 Å². The minimum Gasteiger partial charge on any atom is -0.369 e. The molecule has 0 fully saturated rings. The van der Waals surface area contributed by atoms with Crippen LogP contribution in [0.2, 0.25) is 0 Å². The first-order valence-electron chi connectivity index (χ1n) is 5.96. The molecule has 2 aromatic heterocycles. The quantitative estimate of drug-likeness (QED) is 0.790. The second-order valence-corrected chi connectivity index (χ2v) is 5.41. The van der Waals surface area contributed by atoms with Crippen LogP contribution in [-0.4, -0.2) is 14.5 Å². The second kappa shape index (κ2) is 4.66. The van der Waals surface area contributed by atoms with Gasteiger partial charge in [0.15, 0.2) is 0 Å². The number of aryl methyl sites for hydroxylation is 1. The van der Waals surface area contributed by atoms with Crippen molar-refractivity contribution in [2.24, 2.45) is 0 Å². The molecule has 0 amide bonds. The topological polar surface area (TPSA) is 56.7 Å². The number of anilines is 1. The lowest BCUT2D eigenvalue weighted by atomic mass is 10.1. The lowest BCUT2D eigenvalue weighted by Gasteiger charge is -2.08. The molecule has 0 spiro atoms. The maximum Gasteiger partial charge on any atom is 0.201 e. The summed E-state index contributed by atoms with van der Waals surface area (Å²) in [5.74, 6) is 0.524. The first-order chi connectivity index (χ1) is 9.15. The average Bonchev–Trinajstić information content (AvgIpc) is 2.68. The summed E-state index contributed by atoms with van der Waals surface area (Å²) in [6, 6.07) is 7.99. The molecular formula is C14H13BrN4. The predicted molar refractivity (Wildman–Crippen MR) is 79.9 cm³/mol. The summed E-state index contributed by atoms with van der Waals surface area (Å²) in [7, 11) is 0. The molecule has 0 atom stereocenters. The Morgan fingerprint density at radius 3 is 2.95 bits per heavy atom. The van der Waals surface area contributed by atoms with Crippen molar-refractivity contribution in [3.63, 3.8) is 0 Å². The average molecular weight is 317 g/mol. The van der Waals surface area contributed by atoms with Crippen LogP contribution in [0.4, 0.5) is 5.95 Å². The van der Waals surface area contributed by atoms with Gasteiger partial charge in [-0.3, -0.25) is 4.98 Å². The van der Waals surface area contributed by atoms with E-state index in [0.717, 1.165) is 21.1 Å². The van der Waals surface area contributed by atoms with Gasteiger partial charge in [0.1, 0.15) is 0 Å². The number of rotatable bonds is 2. The van der Waals surface area contributed by atoms with E-state index in [4.69, 9.17) is 5.73 Å². The molecule has 0 unspecified atom stereocenters. The van der Waals surface area contributed by atoms with Crippen LogP contribution in [0, 0.1) is 6.92 Å². The highest BCUT2D eigenvalue weighted by Crippen LogP contribution is 2.23. The van der Waals surface area contributed by atoms with Crippen LogP contribution in [0.5, 0.6) is 0 Å². The van der Waals surface area contributed by atoms with Crippen LogP contribution in [0.25, 0.3) is 11.0 Å². The molecule has 1 aromatic carbocycles. The fourth-order valence-electron chi connectivity index (χ4n) is 2.12. The number of hydrogen-bond acceptors (Lipinski definition) is 3. The van der Waals surface area contributed by atoms with E-state index < -0.39 is 0 Å². The number of pyridine rings is 1. The zero-order valence-corrected chi connectivity index (χ0v) is 12.1. The Kier molecular flexibility index (Phi) is 2.98. The number of hydrogen-bond donors (Lipinski definition) is 1. The van der Waals surface area contributed by atoms with Crippen LogP contribution in [0.15, 0.2) is 41.1 Å². The van der Waals surface area contributed by atoms with Gasteiger partial charge < -0.3 is 10.3 Å². The fourth-order valence-corrected chi connectivity index (χ4v) is 2.47. The molecule has 0 aliphatic heterocycles. The number of nitrogens with two attached hydrogens (primary N) is 1. The van der Waals surface area contributed by atoms with Gasteiger partial charge in [-0.05, 0) is 42.3 Å². The van der Waals surface area contributed by atoms with Crippen molar-refractivity contribution in [3.05, 3.63) is 52.3 Å². The molecule has 0 saturated heterocycles. The Hall–Kier alpha value is -1.88. The second-order valence-electron chi connectivity index (χ2n) is 4.49. The van der Waals surface area contributed by atoms with E-state index in [1.807, 2.05) is 35.0 Å². The van der Waals surface area contributed by atoms with Crippen molar-refractivity contribution in [1.82, 2.24) is 14.5 Å². The minimum absolute atomic E-state index is 0.524. The number of imidazole rings is 1. The lowest BCUT2D eigenvalue weighted by molar-refractivity contribution is 0.826. The van der Waals surface area contributed by atoms with Gasteiger partial charge >= 0.3 is 0 Å². The van der Waals surface area contributed by atoms with Gasteiger partial charge in [0, 0.05) is 16.9 Å². The first kappa shape index (κ1) is 12.2. The SMILES string of the molecule is Cc1ccncc1Cn1c(N)nc2cc(Br)ccc21. The molecule has 96 valence electrons. The molecule has 3 aromatic rings. The third-order valence-electron chi connectivity index (χ3n) is 3.22. The van der Waals surface area contributed by atoms with Gasteiger partial charge in [-0.1, -0.05) is 15.9 Å². The maximum atomic E-state index is 6.02. The zero-order valence-electron chi connectivity index (χ0n) is 10.5. The Labute approximate surface area is 119 Å². The Morgan fingerprint density at radius 2 is 2.16 bits per heavy atom. The van der Waals surface area contributed by atoms with Crippen molar-refractivity contribution >= 4 is 32.9 Å². The Balaban J connectivity index is 2.10. The first-order valence-corrected chi connectivity index (χ1v) is 6.75. The van der Waals surface area contributed by atoms with E-state index in [1.54, 1.807) is 6.20 Å². The van der Waals surface area contributed by atoms with E-state index in [0.29, 0.717) is 12.5 Å². The van der Waals surface area contributed by atoms with Crippen LogP contribution >= 0.6 is 15.9 Å². The standard InChI is InChI=1S/C14H13BrN4/c1-9-4-5-17-7-10(9)8-19-13-3-2-11(15)6-12(13)18-14(19)16/h2-7H,8H2,1H3,(H2,16,18). The highest BCUT2D eigenvalue weighted by atomic mass is 79.9. The van der Waals surface area contributed by atoms with Crippen molar-refractivity contribution in [1.29, 1.82) is 0 Å². The maximum absolute atomic E-state index is 6.02. The molecule has 4 nitrogen and oxygen atoms in total. The summed E-state index contributed by atoms with van der Waals surface area (Å²) in [5.41, 5.74) is 10.3. The molecule has 0 saturated carbocycles. The highest BCUT2D eigenvalue weighted by molar-refractivity contribution is 9.10. The molecule has 0 aliphatic carbocycles. The lowest BCUT2D eigenvalue weighted by Crippen LogP contribution is -2.06.